The number of carbonyl (C=O) groups is 1. The zero-order chi connectivity index (χ0) is 14.5. The molecule has 1 aromatic heterocycles. The fourth-order valence-corrected chi connectivity index (χ4v) is 2.05. The predicted molar refractivity (Wildman–Crippen MR) is 80.4 cm³/mol. The van der Waals surface area contributed by atoms with Gasteiger partial charge in [0.05, 0.1) is 5.69 Å². The van der Waals surface area contributed by atoms with Gasteiger partial charge < -0.3 is 15.3 Å². The molecule has 0 unspecified atom stereocenters. The van der Waals surface area contributed by atoms with Crippen molar-refractivity contribution < 1.29 is 9.90 Å². The van der Waals surface area contributed by atoms with Gasteiger partial charge in [-0.15, -0.1) is 0 Å². The summed E-state index contributed by atoms with van der Waals surface area (Å²) in [5.41, 5.74) is 0.831. The maximum Gasteiger partial charge on any atom is 0.323 e. The Morgan fingerprint density at radius 3 is 2.75 bits per heavy atom. The highest BCUT2D eigenvalue weighted by Crippen LogP contribution is 2.28. The summed E-state index contributed by atoms with van der Waals surface area (Å²) in [4.78, 5) is 20.7. The van der Waals surface area contributed by atoms with Crippen molar-refractivity contribution in [1.29, 1.82) is 0 Å². The van der Waals surface area contributed by atoms with Crippen molar-refractivity contribution in [1.82, 2.24) is 9.97 Å². The maximum atomic E-state index is 10.8. The molecule has 2 N–H and O–H groups in total. The lowest BCUT2D eigenvalue weighted by Crippen LogP contribution is -2.26. The van der Waals surface area contributed by atoms with E-state index >= 15 is 0 Å². The van der Waals surface area contributed by atoms with Crippen LogP contribution < -0.4 is 10.2 Å². The summed E-state index contributed by atoms with van der Waals surface area (Å²) >= 11 is 3.44. The minimum Gasteiger partial charge on any atom is -0.480 e. The van der Waals surface area contributed by atoms with Crippen LogP contribution in [-0.4, -0.2) is 34.6 Å². The highest BCUT2D eigenvalue weighted by atomic mass is 79.9. The SMILES string of the molecule is CN(CC(=O)O)c1nccnc1Nc1ccccc1Br. The van der Waals surface area contributed by atoms with E-state index in [4.69, 9.17) is 5.11 Å². The third-order valence-corrected chi connectivity index (χ3v) is 3.23. The molecule has 2 rings (SSSR count). The van der Waals surface area contributed by atoms with Crippen molar-refractivity contribution in [3.63, 3.8) is 0 Å². The molecular weight excluding hydrogens is 324 g/mol. The fourth-order valence-electron chi connectivity index (χ4n) is 1.67. The van der Waals surface area contributed by atoms with Crippen LogP contribution >= 0.6 is 15.9 Å². The number of carboxylic acids is 1. The first-order chi connectivity index (χ1) is 9.58. The third-order valence-electron chi connectivity index (χ3n) is 2.54. The van der Waals surface area contributed by atoms with Gasteiger partial charge in [0.2, 0.25) is 0 Å². The van der Waals surface area contributed by atoms with Gasteiger partial charge in [-0.1, -0.05) is 12.1 Å². The minimum atomic E-state index is -0.926. The molecule has 20 heavy (non-hydrogen) atoms. The van der Waals surface area contributed by atoms with Crippen molar-refractivity contribution in [2.75, 3.05) is 23.8 Å². The normalized spacial score (nSPS) is 10.1. The Labute approximate surface area is 124 Å². The zero-order valence-electron chi connectivity index (χ0n) is 10.7. The molecule has 0 atom stereocenters. The van der Waals surface area contributed by atoms with Crippen molar-refractivity contribution in [2.45, 2.75) is 0 Å². The minimum absolute atomic E-state index is 0.149. The van der Waals surface area contributed by atoms with Gasteiger partial charge in [0.1, 0.15) is 6.54 Å². The molecule has 0 saturated carbocycles. The van der Waals surface area contributed by atoms with E-state index in [1.165, 1.54) is 11.1 Å². The predicted octanol–water partition coefficient (Wildman–Crippen LogP) is 2.50. The van der Waals surface area contributed by atoms with Crippen molar-refractivity contribution >= 4 is 39.2 Å². The lowest BCUT2D eigenvalue weighted by Gasteiger charge is -2.19. The summed E-state index contributed by atoms with van der Waals surface area (Å²) in [5, 5.41) is 12.0. The van der Waals surface area contributed by atoms with Crippen LogP contribution in [0, 0.1) is 0 Å². The molecule has 0 aliphatic heterocycles. The monoisotopic (exact) mass is 336 g/mol. The molecule has 0 bridgehead atoms. The number of hydrogen-bond acceptors (Lipinski definition) is 5. The molecule has 1 heterocycles. The number of nitrogens with one attached hydrogen (secondary N) is 1. The number of para-hydroxylation sites is 1. The van der Waals surface area contributed by atoms with Crippen LogP contribution in [-0.2, 0) is 4.79 Å². The Bertz CT molecular complexity index is 621. The van der Waals surface area contributed by atoms with Crippen molar-refractivity contribution in [2.24, 2.45) is 0 Å². The summed E-state index contributed by atoms with van der Waals surface area (Å²) in [7, 11) is 1.66. The number of aliphatic carboxylic acids is 1. The number of benzene rings is 1. The van der Waals surface area contributed by atoms with E-state index in [1.54, 1.807) is 13.2 Å². The topological polar surface area (TPSA) is 78.4 Å². The lowest BCUT2D eigenvalue weighted by molar-refractivity contribution is -0.135. The molecule has 0 saturated heterocycles. The van der Waals surface area contributed by atoms with Crippen LogP contribution in [0.5, 0.6) is 0 Å². The Morgan fingerprint density at radius 1 is 1.35 bits per heavy atom. The van der Waals surface area contributed by atoms with Gasteiger partial charge in [0.15, 0.2) is 11.6 Å². The molecule has 0 aliphatic rings. The van der Waals surface area contributed by atoms with Gasteiger partial charge in [-0.05, 0) is 28.1 Å². The average molecular weight is 337 g/mol. The number of carboxylic acid groups (broad SMARTS) is 1. The third kappa shape index (κ3) is 3.45. The van der Waals surface area contributed by atoms with Crippen LogP contribution in [0.1, 0.15) is 0 Å². The summed E-state index contributed by atoms with van der Waals surface area (Å²) < 4.78 is 0.887. The van der Waals surface area contributed by atoms with Gasteiger partial charge >= 0.3 is 5.97 Å². The van der Waals surface area contributed by atoms with Crippen LogP contribution in [0.2, 0.25) is 0 Å². The molecule has 1 aromatic carbocycles. The Hall–Kier alpha value is -2.15. The molecule has 2 aromatic rings. The zero-order valence-corrected chi connectivity index (χ0v) is 12.3. The van der Waals surface area contributed by atoms with Gasteiger partial charge in [-0.25, -0.2) is 9.97 Å². The Kier molecular flexibility index (Phi) is 4.52. The highest BCUT2D eigenvalue weighted by molar-refractivity contribution is 9.10. The molecule has 104 valence electrons. The van der Waals surface area contributed by atoms with Gasteiger partial charge in [0.25, 0.3) is 0 Å². The second-order valence-electron chi connectivity index (χ2n) is 4.08. The smallest absolute Gasteiger partial charge is 0.323 e. The second-order valence-corrected chi connectivity index (χ2v) is 4.94. The lowest BCUT2D eigenvalue weighted by atomic mass is 10.3. The van der Waals surface area contributed by atoms with Gasteiger partial charge in [-0.2, -0.15) is 0 Å². The van der Waals surface area contributed by atoms with Crippen molar-refractivity contribution in [3.05, 3.63) is 41.1 Å². The molecule has 6 nitrogen and oxygen atoms in total. The summed E-state index contributed by atoms with van der Waals surface area (Å²) in [6.45, 7) is -0.149. The van der Waals surface area contributed by atoms with Crippen LogP contribution in [0.4, 0.5) is 17.3 Å². The Balaban J connectivity index is 2.28. The second kappa shape index (κ2) is 6.33. The summed E-state index contributed by atoms with van der Waals surface area (Å²) in [6.07, 6.45) is 3.08. The fraction of sp³-hybridized carbons (Fsp3) is 0.154. The number of aromatic nitrogens is 2. The quantitative estimate of drug-likeness (QED) is 0.873. The van der Waals surface area contributed by atoms with E-state index in [0.717, 1.165) is 10.2 Å². The van der Waals surface area contributed by atoms with Crippen LogP contribution in [0.25, 0.3) is 0 Å². The number of nitrogens with zero attached hydrogens (tertiary/aromatic N) is 3. The molecule has 0 spiro atoms. The molecule has 0 aliphatic carbocycles. The van der Waals surface area contributed by atoms with E-state index in [9.17, 15) is 4.79 Å². The van der Waals surface area contributed by atoms with Crippen LogP contribution in [0.15, 0.2) is 41.1 Å². The highest BCUT2D eigenvalue weighted by Gasteiger charge is 2.13. The first-order valence-electron chi connectivity index (χ1n) is 5.83. The van der Waals surface area contributed by atoms with Crippen molar-refractivity contribution in [3.8, 4) is 0 Å². The van der Waals surface area contributed by atoms with E-state index in [2.05, 4.69) is 31.2 Å². The molecule has 0 amide bonds. The standard InChI is InChI=1S/C13H13BrN4O2/c1-18(8-11(19)20)13-12(15-6-7-16-13)17-10-5-3-2-4-9(10)14/h2-7H,8H2,1H3,(H,15,17)(H,19,20). The Morgan fingerprint density at radius 2 is 2.05 bits per heavy atom. The molecule has 7 heteroatoms. The van der Waals surface area contributed by atoms with E-state index in [0.29, 0.717) is 11.6 Å². The number of anilines is 3. The first kappa shape index (κ1) is 14.3. The maximum absolute atomic E-state index is 10.8. The van der Waals surface area contributed by atoms with Gasteiger partial charge in [-0.3, -0.25) is 4.79 Å². The number of hydrogen-bond donors (Lipinski definition) is 2. The number of likely N-dealkylation sites (N-methyl/N-ethyl adjacent to an activating group) is 1. The first-order valence-corrected chi connectivity index (χ1v) is 6.62. The van der Waals surface area contributed by atoms with Gasteiger partial charge in [0, 0.05) is 23.9 Å². The number of halogens is 1. The summed E-state index contributed by atoms with van der Waals surface area (Å²) in [5.74, 6) is 0.0544. The van der Waals surface area contributed by atoms with E-state index < -0.39 is 5.97 Å². The van der Waals surface area contributed by atoms with E-state index in [1.807, 2.05) is 24.3 Å². The average Bonchev–Trinajstić information content (AvgIpc) is 2.41. The number of rotatable bonds is 5. The molecule has 0 fully saturated rings. The largest absolute Gasteiger partial charge is 0.480 e. The summed E-state index contributed by atoms with van der Waals surface area (Å²) in [6, 6.07) is 7.59. The molecule has 0 radical (unpaired) electrons. The van der Waals surface area contributed by atoms with Crippen LogP contribution in [0.3, 0.4) is 0 Å². The molecular formula is C13H13BrN4O2. The van der Waals surface area contributed by atoms with E-state index in [-0.39, 0.29) is 6.54 Å².